The van der Waals surface area contributed by atoms with E-state index in [1.54, 1.807) is 18.2 Å². The molecule has 6 rings (SSSR count). The van der Waals surface area contributed by atoms with Crippen LogP contribution in [-0.2, 0) is 10.9 Å². The summed E-state index contributed by atoms with van der Waals surface area (Å²) in [6, 6.07) is 38.9. The summed E-state index contributed by atoms with van der Waals surface area (Å²) in [6.45, 7) is 0. The van der Waals surface area contributed by atoms with Gasteiger partial charge in [0.15, 0.2) is 0 Å². The molecule has 6 aromatic carbocycles. The van der Waals surface area contributed by atoms with E-state index >= 15 is 0 Å². The highest BCUT2D eigenvalue weighted by Crippen LogP contribution is 2.35. The second-order valence-electron chi connectivity index (χ2n) is 11.4. The van der Waals surface area contributed by atoms with Crippen LogP contribution in [0.15, 0.2) is 146 Å². The van der Waals surface area contributed by atoms with Gasteiger partial charge in [-0.25, -0.2) is 14.4 Å². The first kappa shape index (κ1) is 38.0. The van der Waals surface area contributed by atoms with Gasteiger partial charge in [0.25, 0.3) is 0 Å². The highest BCUT2D eigenvalue weighted by molar-refractivity contribution is 6.04. The molecule has 0 heterocycles. The average Bonchev–Trinajstić information content (AvgIpc) is 3.17. The van der Waals surface area contributed by atoms with E-state index in [4.69, 9.17) is 0 Å². The molecular formula is C41H33F3N4O6. The molecule has 0 atom stereocenters. The Morgan fingerprint density at radius 3 is 1.35 bits per heavy atom. The molecule has 0 spiro atoms. The molecule has 0 fully saturated rings. The van der Waals surface area contributed by atoms with E-state index in [-0.39, 0.29) is 22.7 Å². The monoisotopic (exact) mass is 734 g/mol. The molecule has 0 aromatic heterocycles. The lowest BCUT2D eigenvalue weighted by molar-refractivity contribution is -0.137. The lowest BCUT2D eigenvalue weighted by Gasteiger charge is -2.14. The number of ether oxygens (including phenoxy) is 1. The zero-order valence-electron chi connectivity index (χ0n) is 28.5. The van der Waals surface area contributed by atoms with Gasteiger partial charge in [0.05, 0.1) is 41.0 Å². The Kier molecular flexibility index (Phi) is 12.2. The van der Waals surface area contributed by atoms with Crippen LogP contribution < -0.4 is 21.3 Å². The van der Waals surface area contributed by atoms with Crippen LogP contribution in [0.25, 0.3) is 22.3 Å². The number of halogens is 3. The number of esters is 1. The van der Waals surface area contributed by atoms with E-state index in [1.165, 1.54) is 25.3 Å². The number of phenolic OH excluding ortho intramolecular Hbond substituents is 2. The van der Waals surface area contributed by atoms with Crippen molar-refractivity contribution >= 4 is 40.8 Å². The minimum absolute atomic E-state index is 0.127. The molecule has 0 saturated carbocycles. The maximum Gasteiger partial charge on any atom is 0.416 e. The minimum Gasteiger partial charge on any atom is -0.506 e. The van der Waals surface area contributed by atoms with E-state index in [0.717, 1.165) is 34.4 Å². The number of phenols is 2. The summed E-state index contributed by atoms with van der Waals surface area (Å²) < 4.78 is 42.5. The predicted octanol–water partition coefficient (Wildman–Crippen LogP) is 10.2. The Bertz CT molecular complexity index is 2250. The fraction of sp³-hybridized carbons (Fsp3) is 0.0488. The first-order chi connectivity index (χ1) is 25.9. The van der Waals surface area contributed by atoms with Gasteiger partial charge in [-0.15, -0.1) is 0 Å². The fourth-order valence-corrected chi connectivity index (χ4v) is 5.17. The minimum atomic E-state index is -4.58. The van der Waals surface area contributed by atoms with Gasteiger partial charge in [0.2, 0.25) is 0 Å². The number of amides is 4. The third-order valence-corrected chi connectivity index (χ3v) is 7.76. The van der Waals surface area contributed by atoms with Crippen molar-refractivity contribution in [3.05, 3.63) is 157 Å². The number of rotatable bonds is 7. The van der Waals surface area contributed by atoms with Crippen molar-refractivity contribution in [3.63, 3.8) is 0 Å². The number of urea groups is 2. The van der Waals surface area contributed by atoms with Crippen LogP contribution in [0.3, 0.4) is 0 Å². The first-order valence-electron chi connectivity index (χ1n) is 16.2. The molecule has 4 amide bonds. The van der Waals surface area contributed by atoms with E-state index in [1.807, 2.05) is 91.0 Å². The molecule has 0 aliphatic heterocycles. The van der Waals surface area contributed by atoms with E-state index in [2.05, 4.69) is 26.0 Å². The molecule has 54 heavy (non-hydrogen) atoms. The van der Waals surface area contributed by atoms with E-state index < -0.39 is 35.5 Å². The number of methoxy groups -OCH3 is 1. The molecule has 0 bridgehead atoms. The van der Waals surface area contributed by atoms with Crippen LogP contribution in [-0.4, -0.2) is 35.4 Å². The van der Waals surface area contributed by atoms with E-state index in [9.17, 15) is 37.8 Å². The molecule has 0 aliphatic rings. The summed E-state index contributed by atoms with van der Waals surface area (Å²) in [5, 5.41) is 30.1. The van der Waals surface area contributed by atoms with Crippen molar-refractivity contribution in [1.82, 2.24) is 0 Å². The largest absolute Gasteiger partial charge is 0.506 e. The lowest BCUT2D eigenvalue weighted by Crippen LogP contribution is -2.20. The summed E-state index contributed by atoms with van der Waals surface area (Å²) in [6.07, 6.45) is -4.58. The summed E-state index contributed by atoms with van der Waals surface area (Å²) in [5.74, 6) is -1.47. The second-order valence-corrected chi connectivity index (χ2v) is 11.4. The molecule has 274 valence electrons. The zero-order chi connectivity index (χ0) is 38.7. The van der Waals surface area contributed by atoms with Gasteiger partial charge in [-0.1, -0.05) is 97.1 Å². The fourth-order valence-electron chi connectivity index (χ4n) is 5.17. The maximum absolute atomic E-state index is 12.6. The van der Waals surface area contributed by atoms with Gasteiger partial charge >= 0.3 is 24.2 Å². The molecule has 0 unspecified atom stereocenters. The van der Waals surface area contributed by atoms with Crippen molar-refractivity contribution in [2.45, 2.75) is 6.18 Å². The van der Waals surface area contributed by atoms with Crippen LogP contribution in [0.1, 0.15) is 15.9 Å². The third kappa shape index (κ3) is 9.94. The van der Waals surface area contributed by atoms with Crippen LogP contribution in [0.2, 0.25) is 0 Å². The quantitative estimate of drug-likeness (QED) is 0.0710. The number of para-hydroxylation sites is 2. The standard InChI is InChI=1S/C21H18N2O4.C20H15F3N2O2/c1-27-20(25)15-11-12-18(19(24)13-15)23-21(26)22-17-10-6-5-9-16(17)14-7-3-2-4-8-14;21-20(22,23)14-10-11-17(18(26)12-14)25-19(27)24-16-9-5-4-8-15(16)13-6-2-1-3-7-13/h2-13,24H,1H3,(H2,22,23,26);1-12,26H,(H2,24,25,27). The molecule has 10 nitrogen and oxygen atoms in total. The molecule has 0 saturated heterocycles. The second kappa shape index (κ2) is 17.3. The lowest BCUT2D eigenvalue weighted by atomic mass is 10.0. The number of anilines is 4. The number of carbonyl (C=O) groups excluding carboxylic acids is 3. The number of benzene rings is 6. The number of hydrogen-bond acceptors (Lipinski definition) is 6. The molecular weight excluding hydrogens is 701 g/mol. The summed E-state index contributed by atoms with van der Waals surface area (Å²) in [4.78, 5) is 36.1. The first-order valence-corrected chi connectivity index (χ1v) is 16.2. The number of aromatic hydroxyl groups is 2. The van der Waals surface area contributed by atoms with Crippen molar-refractivity contribution in [1.29, 1.82) is 0 Å². The average molecular weight is 735 g/mol. The van der Waals surface area contributed by atoms with Crippen LogP contribution >= 0.6 is 0 Å². The van der Waals surface area contributed by atoms with Crippen molar-refractivity contribution < 1.29 is 42.5 Å². The number of nitrogens with one attached hydrogen (secondary N) is 4. The highest BCUT2D eigenvalue weighted by Gasteiger charge is 2.31. The Labute approximate surface area is 307 Å². The van der Waals surface area contributed by atoms with Crippen molar-refractivity contribution in [2.75, 3.05) is 28.4 Å². The van der Waals surface area contributed by atoms with Gasteiger partial charge < -0.3 is 36.2 Å². The Morgan fingerprint density at radius 2 is 0.926 bits per heavy atom. The van der Waals surface area contributed by atoms with Crippen LogP contribution in [0.4, 0.5) is 45.5 Å². The summed E-state index contributed by atoms with van der Waals surface area (Å²) in [5.41, 5.74) is 3.91. The summed E-state index contributed by atoms with van der Waals surface area (Å²) in [7, 11) is 1.25. The Morgan fingerprint density at radius 1 is 0.519 bits per heavy atom. The zero-order valence-corrected chi connectivity index (χ0v) is 28.5. The molecule has 0 aliphatic carbocycles. The van der Waals surface area contributed by atoms with Gasteiger partial charge in [-0.05, 0) is 59.7 Å². The van der Waals surface area contributed by atoms with Gasteiger partial charge in [0.1, 0.15) is 11.5 Å². The molecule has 0 radical (unpaired) electrons. The smallest absolute Gasteiger partial charge is 0.416 e. The SMILES string of the molecule is COC(=O)c1ccc(NC(=O)Nc2ccccc2-c2ccccc2)c(O)c1.O=C(Nc1ccc(C(F)(F)F)cc1O)Nc1ccccc1-c1ccccc1. The topological polar surface area (TPSA) is 149 Å². The Hall–Kier alpha value is -7.28. The summed E-state index contributed by atoms with van der Waals surface area (Å²) >= 11 is 0. The highest BCUT2D eigenvalue weighted by atomic mass is 19.4. The van der Waals surface area contributed by atoms with E-state index in [0.29, 0.717) is 17.4 Å². The van der Waals surface area contributed by atoms with Crippen LogP contribution in [0.5, 0.6) is 11.5 Å². The van der Waals surface area contributed by atoms with Crippen molar-refractivity contribution in [3.8, 4) is 33.8 Å². The number of alkyl halides is 3. The van der Waals surface area contributed by atoms with Crippen molar-refractivity contribution in [2.24, 2.45) is 0 Å². The molecule has 13 heteroatoms. The molecule has 6 N–H and O–H groups in total. The number of carbonyl (C=O) groups is 3. The Balaban J connectivity index is 0.000000208. The van der Waals surface area contributed by atoms with Crippen LogP contribution in [0, 0.1) is 0 Å². The predicted molar refractivity (Wildman–Crippen MR) is 202 cm³/mol. The normalized spacial score (nSPS) is 10.6. The number of hydrogen-bond donors (Lipinski definition) is 6. The van der Waals surface area contributed by atoms with Gasteiger partial charge in [0, 0.05) is 11.1 Å². The van der Waals surface area contributed by atoms with Gasteiger partial charge in [-0.2, -0.15) is 13.2 Å². The third-order valence-electron chi connectivity index (χ3n) is 7.76. The maximum atomic E-state index is 12.6. The molecule has 6 aromatic rings. The van der Waals surface area contributed by atoms with Gasteiger partial charge in [-0.3, -0.25) is 0 Å².